The summed E-state index contributed by atoms with van der Waals surface area (Å²) in [4.78, 5) is 22.0. The predicted octanol–water partition coefficient (Wildman–Crippen LogP) is 5.00. The number of nitrogens with zero attached hydrogens (tertiary/aromatic N) is 4. The van der Waals surface area contributed by atoms with Crippen LogP contribution in [-0.4, -0.2) is 31.3 Å². The average molecular weight is 397 g/mol. The van der Waals surface area contributed by atoms with Gasteiger partial charge in [-0.1, -0.05) is 35.9 Å². The van der Waals surface area contributed by atoms with Crippen molar-refractivity contribution >= 4 is 39.9 Å². The van der Waals surface area contributed by atoms with Crippen LogP contribution in [0.2, 0.25) is 5.02 Å². The molecule has 0 bridgehead atoms. The Morgan fingerprint density at radius 2 is 1.96 bits per heavy atom. The summed E-state index contributed by atoms with van der Waals surface area (Å²) in [6, 6.07) is 15.6. The van der Waals surface area contributed by atoms with Crippen LogP contribution in [0.1, 0.15) is 16.4 Å². The fraction of sp³-hybridized carbons (Fsp3) is 0.100. The zero-order chi connectivity index (χ0) is 19.1. The highest BCUT2D eigenvalue weighted by atomic mass is 35.5. The molecule has 0 amide bonds. The summed E-state index contributed by atoms with van der Waals surface area (Å²) in [5.74, 6) is 0.480. The second-order valence-electron chi connectivity index (χ2n) is 5.53. The van der Waals surface area contributed by atoms with E-state index in [1.165, 1.54) is 29.1 Å². The number of carbonyl (C=O) groups is 1. The molecule has 0 radical (unpaired) electrons. The molecule has 0 saturated carbocycles. The molecule has 27 heavy (non-hydrogen) atoms. The summed E-state index contributed by atoms with van der Waals surface area (Å²) >= 11 is 7.40. The molecule has 1 atom stereocenters. The van der Waals surface area contributed by atoms with Gasteiger partial charge in [0.05, 0.1) is 5.69 Å². The van der Waals surface area contributed by atoms with Gasteiger partial charge in [0.1, 0.15) is 17.7 Å². The first-order valence-electron chi connectivity index (χ1n) is 8.20. The van der Waals surface area contributed by atoms with E-state index in [0.717, 1.165) is 5.69 Å². The molecule has 0 aliphatic heterocycles. The molecular weight excluding hydrogens is 380 g/mol. The number of Topliss-reactive ketones (excluding diaryl/α,β-unsaturated/α-hetero) is 1. The number of benzene rings is 2. The standard InChI is InChI=1S/C20H17ClN4OS/c1-2-12-27-20(24-17-6-4-3-5-7-17)18(25-14-22-13-23-25)19(26)15-8-10-16(21)11-9-15/h2-11,13-14,18H,1,12H2. The van der Waals surface area contributed by atoms with Crippen molar-refractivity contribution in [1.82, 2.24) is 14.8 Å². The molecular formula is C20H17ClN4OS. The van der Waals surface area contributed by atoms with Crippen molar-refractivity contribution in [2.45, 2.75) is 6.04 Å². The van der Waals surface area contributed by atoms with Crippen LogP contribution < -0.4 is 0 Å². The molecule has 0 fully saturated rings. The Bertz CT molecular complexity index is 924. The maximum Gasteiger partial charge on any atom is 0.194 e. The van der Waals surface area contributed by atoms with E-state index in [0.29, 0.717) is 21.4 Å². The third-order valence-electron chi connectivity index (χ3n) is 3.66. The summed E-state index contributed by atoms with van der Waals surface area (Å²) in [5, 5.41) is 5.38. The quantitative estimate of drug-likeness (QED) is 0.244. The monoisotopic (exact) mass is 396 g/mol. The van der Waals surface area contributed by atoms with Gasteiger partial charge < -0.3 is 0 Å². The predicted molar refractivity (Wildman–Crippen MR) is 111 cm³/mol. The van der Waals surface area contributed by atoms with Crippen LogP contribution in [0.15, 0.2) is 84.9 Å². The molecule has 0 saturated heterocycles. The van der Waals surface area contributed by atoms with Gasteiger partial charge in [0.2, 0.25) is 0 Å². The van der Waals surface area contributed by atoms with Gasteiger partial charge in [0.15, 0.2) is 11.8 Å². The highest BCUT2D eigenvalue weighted by molar-refractivity contribution is 8.14. The fourth-order valence-electron chi connectivity index (χ4n) is 2.41. The van der Waals surface area contributed by atoms with Gasteiger partial charge in [0.25, 0.3) is 0 Å². The lowest BCUT2D eigenvalue weighted by atomic mass is 10.0. The van der Waals surface area contributed by atoms with Crippen molar-refractivity contribution in [3.63, 3.8) is 0 Å². The normalized spacial score (nSPS) is 12.6. The molecule has 3 aromatic rings. The van der Waals surface area contributed by atoms with Crippen LogP contribution in [0.25, 0.3) is 0 Å². The minimum absolute atomic E-state index is 0.136. The second kappa shape index (κ2) is 9.30. The number of carbonyl (C=O) groups excluding carboxylic acids is 1. The molecule has 136 valence electrons. The highest BCUT2D eigenvalue weighted by Gasteiger charge is 2.28. The molecule has 0 N–H and O–H groups in total. The molecule has 0 spiro atoms. The Balaban J connectivity index is 2.06. The number of halogens is 1. The largest absolute Gasteiger partial charge is 0.291 e. The molecule has 2 aromatic carbocycles. The molecule has 7 heteroatoms. The Morgan fingerprint density at radius 1 is 1.22 bits per heavy atom. The Kier molecular flexibility index (Phi) is 6.57. The number of hydrogen-bond acceptors (Lipinski definition) is 5. The molecule has 1 aromatic heterocycles. The molecule has 0 aliphatic carbocycles. The Labute approximate surface area is 166 Å². The van der Waals surface area contributed by atoms with E-state index < -0.39 is 6.04 Å². The van der Waals surface area contributed by atoms with Gasteiger partial charge in [0, 0.05) is 16.3 Å². The summed E-state index contributed by atoms with van der Waals surface area (Å²) in [6.45, 7) is 3.76. The SMILES string of the molecule is C=CCSC(=Nc1ccccc1)C(C(=O)c1ccc(Cl)cc1)n1cncn1. The van der Waals surface area contributed by atoms with Crippen LogP contribution in [0, 0.1) is 0 Å². The lowest BCUT2D eigenvalue weighted by Crippen LogP contribution is -2.27. The smallest absolute Gasteiger partial charge is 0.194 e. The van der Waals surface area contributed by atoms with Crippen molar-refractivity contribution in [1.29, 1.82) is 0 Å². The van der Waals surface area contributed by atoms with Crippen LogP contribution in [-0.2, 0) is 0 Å². The van der Waals surface area contributed by atoms with Crippen LogP contribution in [0.5, 0.6) is 0 Å². The Morgan fingerprint density at radius 3 is 2.59 bits per heavy atom. The van der Waals surface area contributed by atoms with Gasteiger partial charge in [-0.05, 0) is 36.4 Å². The van der Waals surface area contributed by atoms with Gasteiger partial charge in [-0.15, -0.1) is 18.3 Å². The molecule has 0 aliphatic rings. The number of ketones is 1. The van der Waals surface area contributed by atoms with Crippen molar-refractivity contribution in [2.24, 2.45) is 4.99 Å². The summed E-state index contributed by atoms with van der Waals surface area (Å²) < 4.78 is 1.52. The van der Waals surface area contributed by atoms with Crippen molar-refractivity contribution < 1.29 is 4.79 Å². The second-order valence-corrected chi connectivity index (χ2v) is 7.01. The molecule has 3 rings (SSSR count). The minimum Gasteiger partial charge on any atom is -0.291 e. The average Bonchev–Trinajstić information content (AvgIpc) is 3.21. The van der Waals surface area contributed by atoms with Gasteiger partial charge in [-0.2, -0.15) is 5.10 Å². The first-order chi connectivity index (χ1) is 13.2. The summed E-state index contributed by atoms with van der Waals surface area (Å²) in [6.07, 6.45) is 4.70. The van der Waals surface area contributed by atoms with Crippen LogP contribution in [0.3, 0.4) is 0 Å². The third-order valence-corrected chi connectivity index (χ3v) is 4.92. The lowest BCUT2D eigenvalue weighted by Gasteiger charge is -2.18. The molecule has 1 heterocycles. The Hall–Kier alpha value is -2.70. The van der Waals surface area contributed by atoms with Crippen LogP contribution >= 0.6 is 23.4 Å². The van der Waals surface area contributed by atoms with E-state index in [1.807, 2.05) is 30.3 Å². The minimum atomic E-state index is -0.723. The van der Waals surface area contributed by atoms with Gasteiger partial charge >= 0.3 is 0 Å². The highest BCUT2D eigenvalue weighted by Crippen LogP contribution is 2.26. The molecule has 1 unspecified atom stereocenters. The van der Waals surface area contributed by atoms with E-state index in [-0.39, 0.29) is 5.78 Å². The van der Waals surface area contributed by atoms with Gasteiger partial charge in [-0.3, -0.25) is 4.79 Å². The first kappa shape index (κ1) is 19.1. The number of aliphatic imine (C=N–C) groups is 1. The van der Waals surface area contributed by atoms with E-state index in [9.17, 15) is 4.79 Å². The van der Waals surface area contributed by atoms with Crippen molar-refractivity contribution in [3.05, 3.63) is 90.5 Å². The van der Waals surface area contributed by atoms with Crippen molar-refractivity contribution in [2.75, 3.05) is 5.75 Å². The van der Waals surface area contributed by atoms with Gasteiger partial charge in [-0.25, -0.2) is 14.7 Å². The zero-order valence-corrected chi connectivity index (χ0v) is 16.0. The number of thioether (sulfide) groups is 1. The van der Waals surface area contributed by atoms with E-state index >= 15 is 0 Å². The third kappa shape index (κ3) is 4.93. The lowest BCUT2D eigenvalue weighted by molar-refractivity contribution is 0.0954. The van der Waals surface area contributed by atoms with E-state index in [4.69, 9.17) is 16.6 Å². The van der Waals surface area contributed by atoms with E-state index in [1.54, 1.807) is 30.3 Å². The maximum absolute atomic E-state index is 13.3. The number of aromatic nitrogens is 3. The number of rotatable bonds is 7. The van der Waals surface area contributed by atoms with E-state index in [2.05, 4.69) is 16.7 Å². The first-order valence-corrected chi connectivity index (χ1v) is 9.56. The summed E-state index contributed by atoms with van der Waals surface area (Å²) in [5.41, 5.74) is 1.29. The molecule has 5 nitrogen and oxygen atoms in total. The topological polar surface area (TPSA) is 60.1 Å². The number of hydrogen-bond donors (Lipinski definition) is 0. The summed E-state index contributed by atoms with van der Waals surface area (Å²) in [7, 11) is 0. The maximum atomic E-state index is 13.3. The van der Waals surface area contributed by atoms with Crippen molar-refractivity contribution in [3.8, 4) is 0 Å². The fourth-order valence-corrected chi connectivity index (χ4v) is 3.37. The number of para-hydroxylation sites is 1. The van der Waals surface area contributed by atoms with Crippen LogP contribution in [0.4, 0.5) is 5.69 Å². The zero-order valence-electron chi connectivity index (χ0n) is 14.4.